The van der Waals surface area contributed by atoms with E-state index >= 15 is 0 Å². The number of hydrogen-bond donors (Lipinski definition) is 1. The first-order chi connectivity index (χ1) is 8.69. The normalized spacial score (nSPS) is 15.8. The highest BCUT2D eigenvalue weighted by Crippen LogP contribution is 2.24. The standard InChI is InChI=1S/C14H17Cl2NO/c1-10-2-5-14(18-9-12(16)7-15)11(6-10)8-17-13-3-4-13/h2,5-7,13,17H,3-4,8-9H2,1H3. The summed E-state index contributed by atoms with van der Waals surface area (Å²) in [5.41, 5.74) is 3.73. The van der Waals surface area contributed by atoms with Gasteiger partial charge in [-0.3, -0.25) is 0 Å². The summed E-state index contributed by atoms with van der Waals surface area (Å²) in [4.78, 5) is 0. The van der Waals surface area contributed by atoms with Crippen LogP contribution in [0.2, 0.25) is 0 Å². The zero-order chi connectivity index (χ0) is 13.0. The summed E-state index contributed by atoms with van der Waals surface area (Å²) < 4.78 is 5.67. The number of aryl methyl sites for hydroxylation is 1. The molecule has 0 amide bonds. The van der Waals surface area contributed by atoms with Crippen molar-refractivity contribution < 1.29 is 4.74 Å². The van der Waals surface area contributed by atoms with E-state index in [2.05, 4.69) is 18.3 Å². The number of hydrogen-bond acceptors (Lipinski definition) is 2. The van der Waals surface area contributed by atoms with E-state index in [1.807, 2.05) is 12.1 Å². The van der Waals surface area contributed by atoms with Crippen molar-refractivity contribution in [3.63, 3.8) is 0 Å². The zero-order valence-electron chi connectivity index (χ0n) is 10.4. The Bertz CT molecular complexity index is 441. The maximum Gasteiger partial charge on any atom is 0.125 e. The van der Waals surface area contributed by atoms with Crippen LogP contribution in [0.25, 0.3) is 0 Å². The highest BCUT2D eigenvalue weighted by Gasteiger charge is 2.20. The third kappa shape index (κ3) is 4.20. The van der Waals surface area contributed by atoms with Gasteiger partial charge in [0.15, 0.2) is 0 Å². The summed E-state index contributed by atoms with van der Waals surface area (Å²) in [6.45, 7) is 3.23. The van der Waals surface area contributed by atoms with Crippen LogP contribution in [0.15, 0.2) is 28.8 Å². The van der Waals surface area contributed by atoms with Crippen molar-refractivity contribution in [2.75, 3.05) is 6.61 Å². The Kier molecular flexibility index (Phi) is 4.93. The molecule has 0 aliphatic heterocycles. The quantitative estimate of drug-likeness (QED) is 0.855. The van der Waals surface area contributed by atoms with Crippen molar-refractivity contribution >= 4 is 23.2 Å². The SMILES string of the molecule is Cc1ccc(OCC(Cl)=CCl)c(CNC2CC2)c1. The van der Waals surface area contributed by atoms with Gasteiger partial charge in [0.25, 0.3) is 0 Å². The first-order valence-electron chi connectivity index (χ1n) is 6.09. The largest absolute Gasteiger partial charge is 0.488 e. The Morgan fingerprint density at radius 2 is 2.28 bits per heavy atom. The van der Waals surface area contributed by atoms with Crippen molar-refractivity contribution in [3.05, 3.63) is 39.9 Å². The van der Waals surface area contributed by atoms with Gasteiger partial charge in [-0.1, -0.05) is 40.9 Å². The predicted octanol–water partition coefficient (Wildman–Crippen LogP) is 3.94. The molecule has 0 bridgehead atoms. The molecule has 0 aromatic heterocycles. The molecule has 98 valence electrons. The van der Waals surface area contributed by atoms with Crippen molar-refractivity contribution in [3.8, 4) is 5.75 Å². The molecule has 0 radical (unpaired) electrons. The number of rotatable bonds is 6. The fraction of sp³-hybridized carbons (Fsp3) is 0.429. The molecular weight excluding hydrogens is 269 g/mol. The van der Waals surface area contributed by atoms with Crippen LogP contribution in [0.4, 0.5) is 0 Å². The Morgan fingerprint density at radius 3 is 2.94 bits per heavy atom. The van der Waals surface area contributed by atoms with Crippen LogP contribution in [0, 0.1) is 6.92 Å². The lowest BCUT2D eigenvalue weighted by atomic mass is 10.1. The molecule has 18 heavy (non-hydrogen) atoms. The average molecular weight is 286 g/mol. The van der Waals surface area contributed by atoms with Gasteiger partial charge in [-0.05, 0) is 25.8 Å². The molecule has 1 N–H and O–H groups in total. The van der Waals surface area contributed by atoms with E-state index in [4.69, 9.17) is 27.9 Å². The zero-order valence-corrected chi connectivity index (χ0v) is 11.9. The first kappa shape index (κ1) is 13.7. The minimum absolute atomic E-state index is 0.310. The summed E-state index contributed by atoms with van der Waals surface area (Å²) in [7, 11) is 0. The van der Waals surface area contributed by atoms with Crippen LogP contribution in [-0.4, -0.2) is 12.6 Å². The Labute approximate surface area is 118 Å². The summed E-state index contributed by atoms with van der Waals surface area (Å²) >= 11 is 11.3. The van der Waals surface area contributed by atoms with E-state index in [0.29, 0.717) is 17.7 Å². The maximum absolute atomic E-state index is 5.82. The second kappa shape index (κ2) is 6.46. The molecule has 1 aliphatic carbocycles. The van der Waals surface area contributed by atoms with Crippen LogP contribution in [-0.2, 0) is 6.54 Å². The van der Waals surface area contributed by atoms with Crippen LogP contribution >= 0.6 is 23.2 Å². The molecule has 1 aromatic carbocycles. The lowest BCUT2D eigenvalue weighted by molar-refractivity contribution is 0.354. The van der Waals surface area contributed by atoms with Gasteiger partial charge in [0.05, 0.1) is 5.03 Å². The molecule has 2 nitrogen and oxygen atoms in total. The van der Waals surface area contributed by atoms with Crippen LogP contribution < -0.4 is 10.1 Å². The number of benzene rings is 1. The van der Waals surface area contributed by atoms with Gasteiger partial charge < -0.3 is 10.1 Å². The van der Waals surface area contributed by atoms with Crippen molar-refractivity contribution in [2.45, 2.75) is 32.4 Å². The number of nitrogens with one attached hydrogen (secondary N) is 1. The summed E-state index contributed by atoms with van der Waals surface area (Å²) in [5, 5.41) is 3.99. The molecule has 1 aromatic rings. The second-order valence-corrected chi connectivity index (χ2v) is 5.31. The molecule has 0 spiro atoms. The van der Waals surface area contributed by atoms with Gasteiger partial charge >= 0.3 is 0 Å². The minimum atomic E-state index is 0.310. The summed E-state index contributed by atoms with van der Waals surface area (Å²) in [6, 6.07) is 6.85. The summed E-state index contributed by atoms with van der Waals surface area (Å²) in [5.74, 6) is 0.866. The van der Waals surface area contributed by atoms with Gasteiger partial charge in [0.2, 0.25) is 0 Å². The topological polar surface area (TPSA) is 21.3 Å². The third-order valence-electron chi connectivity index (χ3n) is 2.86. The molecule has 1 fully saturated rings. The Morgan fingerprint density at radius 1 is 1.50 bits per heavy atom. The minimum Gasteiger partial charge on any atom is -0.488 e. The second-order valence-electron chi connectivity index (χ2n) is 4.61. The van der Waals surface area contributed by atoms with Crippen molar-refractivity contribution in [2.24, 2.45) is 0 Å². The molecule has 1 saturated carbocycles. The van der Waals surface area contributed by atoms with Gasteiger partial charge in [-0.25, -0.2) is 0 Å². The smallest absolute Gasteiger partial charge is 0.125 e. The van der Waals surface area contributed by atoms with Gasteiger partial charge in [-0.15, -0.1) is 0 Å². The van der Waals surface area contributed by atoms with E-state index in [9.17, 15) is 0 Å². The third-order valence-corrected chi connectivity index (χ3v) is 3.45. The lowest BCUT2D eigenvalue weighted by Gasteiger charge is -2.12. The van der Waals surface area contributed by atoms with E-state index in [1.165, 1.54) is 29.5 Å². The highest BCUT2D eigenvalue weighted by atomic mass is 35.5. The highest BCUT2D eigenvalue weighted by molar-refractivity contribution is 6.36. The molecule has 0 heterocycles. The fourth-order valence-electron chi connectivity index (χ4n) is 1.71. The number of ether oxygens (including phenoxy) is 1. The molecule has 1 aliphatic rings. The van der Waals surface area contributed by atoms with E-state index in [1.54, 1.807) is 0 Å². The van der Waals surface area contributed by atoms with Gasteiger partial charge in [0.1, 0.15) is 12.4 Å². The van der Waals surface area contributed by atoms with Crippen molar-refractivity contribution in [1.29, 1.82) is 0 Å². The molecule has 0 unspecified atom stereocenters. The van der Waals surface area contributed by atoms with E-state index in [-0.39, 0.29) is 0 Å². The van der Waals surface area contributed by atoms with Crippen LogP contribution in [0.3, 0.4) is 0 Å². The molecule has 4 heteroatoms. The number of halogens is 2. The fourth-order valence-corrected chi connectivity index (χ4v) is 1.82. The maximum atomic E-state index is 5.82. The van der Waals surface area contributed by atoms with E-state index in [0.717, 1.165) is 12.3 Å². The van der Waals surface area contributed by atoms with Gasteiger partial charge in [0, 0.05) is 23.7 Å². The molecule has 2 rings (SSSR count). The lowest BCUT2D eigenvalue weighted by Crippen LogP contribution is -2.16. The first-order valence-corrected chi connectivity index (χ1v) is 6.91. The summed E-state index contributed by atoms with van der Waals surface area (Å²) in [6.07, 6.45) is 2.56. The molecule has 0 atom stereocenters. The Hall–Kier alpha value is -0.700. The average Bonchev–Trinajstić information content (AvgIpc) is 3.18. The molecule has 0 saturated heterocycles. The monoisotopic (exact) mass is 285 g/mol. The van der Waals surface area contributed by atoms with Gasteiger partial charge in [-0.2, -0.15) is 0 Å². The molecular formula is C14H17Cl2NO. The van der Waals surface area contributed by atoms with Crippen LogP contribution in [0.5, 0.6) is 5.75 Å². The van der Waals surface area contributed by atoms with E-state index < -0.39 is 0 Å². The Balaban J connectivity index is 2.01. The predicted molar refractivity (Wildman–Crippen MR) is 76.3 cm³/mol. The van der Waals surface area contributed by atoms with Crippen molar-refractivity contribution in [1.82, 2.24) is 5.32 Å². The van der Waals surface area contributed by atoms with Crippen LogP contribution in [0.1, 0.15) is 24.0 Å².